The summed E-state index contributed by atoms with van der Waals surface area (Å²) in [5.41, 5.74) is 5.41. The van der Waals surface area contributed by atoms with Crippen molar-refractivity contribution in [3.8, 4) is 0 Å². The molecule has 2 unspecified atom stereocenters. The molecule has 0 radical (unpaired) electrons. The lowest BCUT2D eigenvalue weighted by molar-refractivity contribution is 0.173. The van der Waals surface area contributed by atoms with Crippen LogP contribution in [0.15, 0.2) is 0 Å². The first-order valence-electron chi connectivity index (χ1n) is 6.05. The van der Waals surface area contributed by atoms with Gasteiger partial charge in [-0.3, -0.25) is 0 Å². The predicted octanol–water partition coefficient (Wildman–Crippen LogP) is -0.101. The van der Waals surface area contributed by atoms with Gasteiger partial charge in [-0.1, -0.05) is 20.8 Å². The van der Waals surface area contributed by atoms with Crippen LogP contribution in [0.3, 0.4) is 0 Å². The molecule has 100 valence electrons. The normalized spacial score (nSPS) is 33.9. The highest BCUT2D eigenvalue weighted by Crippen LogP contribution is 2.57. The lowest BCUT2D eigenvalue weighted by Gasteiger charge is -2.33. The van der Waals surface area contributed by atoms with E-state index < -0.39 is 26.9 Å². The van der Waals surface area contributed by atoms with E-state index >= 15 is 0 Å². The highest BCUT2D eigenvalue weighted by Gasteiger charge is 2.64. The highest BCUT2D eigenvalue weighted by atomic mass is 32.2. The first kappa shape index (κ1) is 13.3. The van der Waals surface area contributed by atoms with Crippen molar-refractivity contribution in [1.29, 1.82) is 0 Å². The van der Waals surface area contributed by atoms with E-state index in [9.17, 15) is 13.5 Å². The van der Waals surface area contributed by atoms with E-state index in [1.54, 1.807) is 0 Å². The van der Waals surface area contributed by atoms with Crippen LogP contribution in [0, 0.1) is 5.41 Å². The molecule has 5 nitrogen and oxygen atoms in total. The summed E-state index contributed by atoms with van der Waals surface area (Å²) in [5.74, 6) is 0. The number of nitrogens with zero attached hydrogens (tertiary/aromatic N) is 1. The average molecular weight is 262 g/mol. The van der Waals surface area contributed by atoms with Crippen molar-refractivity contribution in [3.63, 3.8) is 0 Å². The number of β-amino-alcohol motifs (C(OH)–C–C–N with tert-alkyl or cyclic N) is 1. The maximum atomic E-state index is 12.6. The van der Waals surface area contributed by atoms with E-state index in [4.69, 9.17) is 5.73 Å². The zero-order valence-corrected chi connectivity index (χ0v) is 11.5. The van der Waals surface area contributed by atoms with Gasteiger partial charge in [-0.15, -0.1) is 0 Å². The van der Waals surface area contributed by atoms with Gasteiger partial charge in [-0.05, 0) is 18.3 Å². The van der Waals surface area contributed by atoms with Gasteiger partial charge >= 0.3 is 0 Å². The summed E-state index contributed by atoms with van der Waals surface area (Å²) in [5, 5.41) is 9.59. The third kappa shape index (κ3) is 1.82. The molecule has 2 rings (SSSR count). The van der Waals surface area contributed by atoms with E-state index in [-0.39, 0.29) is 18.5 Å². The largest absolute Gasteiger partial charge is 0.390 e. The minimum Gasteiger partial charge on any atom is -0.390 e. The molecule has 6 heteroatoms. The summed E-state index contributed by atoms with van der Waals surface area (Å²) in [6.45, 7) is 6.26. The summed E-state index contributed by atoms with van der Waals surface area (Å²) < 4.78 is 26.0. The van der Waals surface area contributed by atoms with Crippen LogP contribution in [0.25, 0.3) is 0 Å². The Morgan fingerprint density at radius 3 is 2.12 bits per heavy atom. The van der Waals surface area contributed by atoms with Gasteiger partial charge in [0.25, 0.3) is 0 Å². The van der Waals surface area contributed by atoms with Gasteiger partial charge in [-0.25, -0.2) is 8.42 Å². The van der Waals surface area contributed by atoms with Gasteiger partial charge in [0.2, 0.25) is 10.0 Å². The number of rotatable bonds is 2. The van der Waals surface area contributed by atoms with E-state index in [1.165, 1.54) is 4.31 Å². The molecule has 0 bridgehead atoms. The molecule has 2 aliphatic rings. The molecule has 1 saturated carbocycles. The van der Waals surface area contributed by atoms with Gasteiger partial charge in [0, 0.05) is 19.1 Å². The molecule has 0 aromatic carbocycles. The zero-order valence-electron chi connectivity index (χ0n) is 10.7. The number of hydrogen-bond donors (Lipinski definition) is 2. The first-order chi connectivity index (χ1) is 7.62. The molecule has 2 atom stereocenters. The Morgan fingerprint density at radius 2 is 1.82 bits per heavy atom. The second-order valence-electron chi connectivity index (χ2n) is 6.30. The molecule has 2 fully saturated rings. The number of aliphatic hydroxyl groups excluding tert-OH is 1. The summed E-state index contributed by atoms with van der Waals surface area (Å²) in [6, 6.07) is -0.458. The Labute approximate surface area is 103 Å². The van der Waals surface area contributed by atoms with Crippen LogP contribution in [-0.2, 0) is 10.0 Å². The fourth-order valence-corrected chi connectivity index (χ4v) is 5.33. The monoisotopic (exact) mass is 262 g/mol. The van der Waals surface area contributed by atoms with Crippen molar-refractivity contribution in [3.05, 3.63) is 0 Å². The smallest absolute Gasteiger partial charge is 0.220 e. The minimum atomic E-state index is -3.36. The van der Waals surface area contributed by atoms with Gasteiger partial charge in [0.1, 0.15) is 0 Å². The van der Waals surface area contributed by atoms with Crippen LogP contribution < -0.4 is 5.73 Å². The van der Waals surface area contributed by atoms with Gasteiger partial charge in [-0.2, -0.15) is 4.31 Å². The summed E-state index contributed by atoms with van der Waals surface area (Å²) in [6.07, 6.45) is 0.682. The average Bonchev–Trinajstić information content (AvgIpc) is 2.90. The van der Waals surface area contributed by atoms with Crippen molar-refractivity contribution in [1.82, 2.24) is 4.31 Å². The molecule has 1 aliphatic heterocycles. The highest BCUT2D eigenvalue weighted by molar-refractivity contribution is 7.90. The summed E-state index contributed by atoms with van der Waals surface area (Å²) in [7, 11) is -3.36. The fraction of sp³-hybridized carbons (Fsp3) is 1.00. The predicted molar refractivity (Wildman–Crippen MR) is 65.9 cm³/mol. The van der Waals surface area contributed by atoms with Crippen LogP contribution in [0.2, 0.25) is 0 Å². The van der Waals surface area contributed by atoms with Crippen LogP contribution >= 0.6 is 0 Å². The number of aliphatic hydroxyl groups is 1. The maximum absolute atomic E-state index is 12.6. The molecule has 1 aliphatic carbocycles. The van der Waals surface area contributed by atoms with Crippen LogP contribution in [-0.4, -0.2) is 47.8 Å². The summed E-state index contributed by atoms with van der Waals surface area (Å²) >= 11 is 0. The van der Waals surface area contributed by atoms with E-state index in [2.05, 4.69) is 0 Å². The second kappa shape index (κ2) is 3.66. The third-order valence-corrected chi connectivity index (χ3v) is 7.19. The molecule has 1 heterocycles. The zero-order chi connectivity index (χ0) is 13.1. The molecule has 0 spiro atoms. The quantitative estimate of drug-likeness (QED) is 0.728. The topological polar surface area (TPSA) is 83.6 Å². The fourth-order valence-electron chi connectivity index (χ4n) is 2.73. The van der Waals surface area contributed by atoms with Crippen LogP contribution in [0.4, 0.5) is 0 Å². The Hall–Kier alpha value is -0.170. The molecule has 0 aromatic heterocycles. The van der Waals surface area contributed by atoms with Crippen molar-refractivity contribution in [2.24, 2.45) is 11.1 Å². The van der Waals surface area contributed by atoms with Crippen LogP contribution in [0.5, 0.6) is 0 Å². The standard InChI is InChI=1S/C11H22N2O3S/c1-10(2,3)11(4-5-11)17(15,16)13-6-8(12)9(14)7-13/h8-9,14H,4-7,12H2,1-3H3. The molecular weight excluding hydrogens is 240 g/mol. The van der Waals surface area contributed by atoms with E-state index in [1.807, 2.05) is 20.8 Å². The Balaban J connectivity index is 2.27. The Kier molecular flexibility index (Phi) is 2.86. The van der Waals surface area contributed by atoms with Crippen LogP contribution in [0.1, 0.15) is 33.6 Å². The minimum absolute atomic E-state index is 0.140. The molecular formula is C11H22N2O3S. The SMILES string of the molecule is CC(C)(C)C1(S(=O)(=O)N2CC(N)C(O)C2)CC1. The number of sulfonamides is 1. The third-order valence-electron chi connectivity index (χ3n) is 4.20. The Bertz CT molecular complexity index is 399. The summed E-state index contributed by atoms with van der Waals surface area (Å²) in [4.78, 5) is 0. The molecule has 1 saturated heterocycles. The first-order valence-corrected chi connectivity index (χ1v) is 7.49. The molecule has 3 N–H and O–H groups in total. The van der Waals surface area contributed by atoms with Gasteiger partial charge in [0.05, 0.1) is 10.9 Å². The second-order valence-corrected chi connectivity index (χ2v) is 8.55. The van der Waals surface area contributed by atoms with Crippen molar-refractivity contribution >= 4 is 10.0 Å². The maximum Gasteiger partial charge on any atom is 0.220 e. The van der Waals surface area contributed by atoms with Crippen molar-refractivity contribution in [2.75, 3.05) is 13.1 Å². The van der Waals surface area contributed by atoms with Crippen molar-refractivity contribution < 1.29 is 13.5 Å². The van der Waals surface area contributed by atoms with Gasteiger partial charge < -0.3 is 10.8 Å². The number of nitrogens with two attached hydrogens (primary N) is 1. The number of hydrogen-bond acceptors (Lipinski definition) is 4. The van der Waals surface area contributed by atoms with E-state index in [0.717, 1.165) is 0 Å². The lowest BCUT2D eigenvalue weighted by Crippen LogP contribution is -2.46. The molecule has 0 aromatic rings. The van der Waals surface area contributed by atoms with Gasteiger partial charge in [0.15, 0.2) is 0 Å². The molecule has 17 heavy (non-hydrogen) atoms. The lowest BCUT2D eigenvalue weighted by atomic mass is 9.90. The Morgan fingerprint density at radius 1 is 1.29 bits per heavy atom. The van der Waals surface area contributed by atoms with Crippen molar-refractivity contribution in [2.45, 2.75) is 50.5 Å². The molecule has 0 amide bonds. The van der Waals surface area contributed by atoms with E-state index in [0.29, 0.717) is 12.8 Å².